The smallest absolute Gasteiger partial charge is 0.423 e. The molecule has 0 aliphatic carbocycles. The van der Waals surface area contributed by atoms with Gasteiger partial charge in [0, 0.05) is 27.3 Å². The van der Waals surface area contributed by atoms with Crippen molar-refractivity contribution in [2.24, 2.45) is 0 Å². The van der Waals surface area contributed by atoms with Crippen molar-refractivity contribution in [3.05, 3.63) is 10.1 Å². The number of nitro groups is 1. The van der Waals surface area contributed by atoms with Gasteiger partial charge in [0.25, 0.3) is 0 Å². The molecule has 38 valence electrons. The van der Waals surface area contributed by atoms with E-state index in [-0.39, 0.29) is 27.3 Å². The fraction of sp³-hybridized carbons (Fsp3) is 0. The molecule has 1 N–H and O–H groups in total. The van der Waals surface area contributed by atoms with Gasteiger partial charge >= 0.3 is 6.09 Å². The number of carboxylic acid groups (broad SMARTS) is 1. The zero-order valence-electron chi connectivity index (χ0n) is 3.12. The summed E-state index contributed by atoms with van der Waals surface area (Å²) in [5.41, 5.74) is 0. The Morgan fingerprint density at radius 1 is 1.71 bits per heavy atom. The van der Waals surface area contributed by atoms with Gasteiger partial charge in [0.1, 0.15) is 4.92 Å². The number of amides is 1. The van der Waals surface area contributed by atoms with Crippen molar-refractivity contribution in [1.29, 1.82) is 0 Å². The predicted octanol–water partition coefficient (Wildman–Crippen LogP) is -0.440. The van der Waals surface area contributed by atoms with Crippen LogP contribution in [-0.4, -0.2) is 43.4 Å². The van der Waals surface area contributed by atoms with E-state index in [9.17, 15) is 0 Å². The number of hydrogen-bond acceptors (Lipinski definition) is 3. The van der Waals surface area contributed by atoms with Crippen molar-refractivity contribution >= 4 is 33.4 Å². The maximum atomic E-state index is 9.00. The molecule has 0 saturated carbocycles. The van der Waals surface area contributed by atoms with E-state index in [2.05, 4.69) is 0 Å². The second-order valence-corrected chi connectivity index (χ2v) is 0.540. The van der Waals surface area contributed by atoms with Crippen LogP contribution in [0.15, 0.2) is 0 Å². The zero-order chi connectivity index (χ0) is 5.15. The number of hydrogen-bond donors (Lipinski definition) is 1. The average Bonchev–Trinajstić information content (AvgIpc) is 1.36. The van der Waals surface area contributed by atoms with Gasteiger partial charge in [-0.2, -0.15) is 4.79 Å². The third-order valence-electron chi connectivity index (χ3n) is 0.156. The van der Waals surface area contributed by atoms with Gasteiger partial charge in [0.2, 0.25) is 0 Å². The van der Waals surface area contributed by atoms with E-state index < -0.39 is 11.0 Å². The molecule has 0 saturated heterocycles. The summed E-state index contributed by atoms with van der Waals surface area (Å²) < 4.78 is 0. The molecule has 0 aromatic carbocycles. The van der Waals surface area contributed by atoms with Gasteiger partial charge in [-0.3, -0.25) is 10.1 Å². The van der Waals surface area contributed by atoms with E-state index in [0.29, 0.717) is 0 Å². The third kappa shape index (κ3) is 5.79. The van der Waals surface area contributed by atoms with Gasteiger partial charge in [-0.05, 0) is 0 Å². The van der Waals surface area contributed by atoms with Crippen LogP contribution in [0.1, 0.15) is 0 Å². The minimum atomic E-state index is -2.02. The molecule has 0 spiro atoms. The molecule has 0 fully saturated rings. The Kier molecular flexibility index (Phi) is 5.62. The van der Waals surface area contributed by atoms with Crippen LogP contribution in [-0.2, 0) is 0 Å². The van der Waals surface area contributed by atoms with E-state index in [0.717, 1.165) is 0 Å². The van der Waals surface area contributed by atoms with Crippen LogP contribution in [0.2, 0.25) is 0 Å². The van der Waals surface area contributed by atoms with Crippen molar-refractivity contribution in [2.75, 3.05) is 0 Å². The van der Waals surface area contributed by atoms with Gasteiger partial charge in [0.05, 0.1) is 0 Å². The normalized spacial score (nSPS) is 6.29. The Balaban J connectivity index is 0. The summed E-state index contributed by atoms with van der Waals surface area (Å²) >= 11 is 0. The molecule has 0 unspecified atom stereocenters. The largest absolute Gasteiger partial charge is 0.654 e. The fourth-order valence-electron chi connectivity index (χ4n) is 0. The molecule has 0 heterocycles. The van der Waals surface area contributed by atoms with Gasteiger partial charge in [-0.25, -0.2) is 0 Å². The van der Waals surface area contributed by atoms with Crippen LogP contribution in [0.25, 0.3) is 0 Å². The second kappa shape index (κ2) is 3.96. The van der Waals surface area contributed by atoms with Gasteiger partial charge in [0.15, 0.2) is 0 Å². The van der Waals surface area contributed by atoms with Gasteiger partial charge in [-0.1, -0.05) is 0 Å². The topological polar surface area (TPSA) is 80.4 Å². The first-order valence-electron chi connectivity index (χ1n) is 1.02. The average molecular weight is 298 g/mol. The Labute approximate surface area is 58.6 Å². The maximum Gasteiger partial charge on any atom is 0.654 e. The van der Waals surface area contributed by atoms with Crippen molar-refractivity contribution in [3.63, 3.8) is 0 Å². The summed E-state index contributed by atoms with van der Waals surface area (Å²) in [6, 6.07) is 0. The minimum Gasteiger partial charge on any atom is -0.423 e. The Morgan fingerprint density at radius 2 is 1.86 bits per heavy atom. The summed E-state index contributed by atoms with van der Waals surface area (Å²) in [6.07, 6.45) is -2.02. The number of carbonyl (C=O) groups is 1. The van der Waals surface area contributed by atoms with E-state index in [1.165, 1.54) is 0 Å². The zero-order valence-corrected chi connectivity index (χ0v) is 7.01. The van der Waals surface area contributed by atoms with E-state index in [1.54, 1.807) is 0 Å². The molecule has 5 nitrogen and oxygen atoms in total. The van der Waals surface area contributed by atoms with Crippen LogP contribution in [0.4, 0.5) is 4.79 Å². The third-order valence-corrected chi connectivity index (χ3v) is 0.156. The van der Waals surface area contributed by atoms with E-state index >= 15 is 0 Å². The van der Waals surface area contributed by atoms with Crippen LogP contribution in [0.3, 0.4) is 0 Å². The molecule has 0 aliphatic heterocycles. The van der Waals surface area contributed by atoms with Crippen molar-refractivity contribution in [3.8, 4) is 0 Å². The van der Waals surface area contributed by atoms with Crippen molar-refractivity contribution in [1.82, 2.24) is 0 Å². The molecule has 0 aliphatic rings. The fourth-order valence-corrected chi connectivity index (χ4v) is 0. The molecule has 0 aromatic heterocycles. The Hall–Kier alpha value is -0.208. The van der Waals surface area contributed by atoms with Gasteiger partial charge in [-0.15, -0.1) is 0 Å². The molecule has 0 rings (SSSR count). The van der Waals surface area contributed by atoms with Crippen LogP contribution in [0.5, 0.6) is 0 Å². The predicted molar refractivity (Wildman–Crippen MR) is 20.8 cm³/mol. The summed E-state index contributed by atoms with van der Waals surface area (Å²) in [5, 5.41) is 16.2. The Bertz CT molecular complexity index is 77.7. The molecule has 0 atom stereocenters. The SMILES string of the molecule is O=C(O)[N+](=O)[O-].[Pb]. The Morgan fingerprint density at radius 3 is 1.86 bits per heavy atom. The summed E-state index contributed by atoms with van der Waals surface area (Å²) in [7, 11) is 0. The molecule has 4 radical (unpaired) electrons. The first-order chi connectivity index (χ1) is 2.64. The van der Waals surface area contributed by atoms with E-state index in [1.807, 2.05) is 0 Å². The molecule has 0 bridgehead atoms. The monoisotopic (exact) mass is 299 g/mol. The van der Waals surface area contributed by atoms with Crippen LogP contribution >= 0.6 is 0 Å². The first kappa shape index (κ1) is 9.92. The van der Waals surface area contributed by atoms with E-state index in [4.69, 9.17) is 20.0 Å². The first-order valence-corrected chi connectivity index (χ1v) is 1.02. The molecule has 6 heteroatoms. The second-order valence-electron chi connectivity index (χ2n) is 0.540. The molecule has 1 amide bonds. The van der Waals surface area contributed by atoms with Crippen LogP contribution in [0, 0.1) is 10.1 Å². The summed E-state index contributed by atoms with van der Waals surface area (Å²) in [5.74, 6) is 0. The number of rotatable bonds is 0. The molecular formula is CHNO4Pb. The molecule has 7 heavy (non-hydrogen) atoms. The quantitative estimate of drug-likeness (QED) is 0.373. The van der Waals surface area contributed by atoms with Gasteiger partial charge < -0.3 is 5.11 Å². The van der Waals surface area contributed by atoms with Crippen molar-refractivity contribution < 1.29 is 14.8 Å². The maximum absolute atomic E-state index is 9.00. The minimum absolute atomic E-state index is 0. The summed E-state index contributed by atoms with van der Waals surface area (Å²) in [4.78, 5) is 16.5. The standard InChI is InChI=1S/CHNO4.Pb/c3-1(4)2(5)6;/h(H,3,4);. The van der Waals surface area contributed by atoms with Crippen molar-refractivity contribution in [2.45, 2.75) is 0 Å². The molecular weight excluding hydrogens is 297 g/mol. The van der Waals surface area contributed by atoms with Crippen LogP contribution < -0.4 is 0 Å². The molecule has 0 aromatic rings. The number of nitrogens with zero attached hydrogens (tertiary/aromatic N) is 1. The summed E-state index contributed by atoms with van der Waals surface area (Å²) in [6.45, 7) is 0.